The summed E-state index contributed by atoms with van der Waals surface area (Å²) in [6.45, 7) is 8.90. The van der Waals surface area contributed by atoms with Gasteiger partial charge in [-0.1, -0.05) is 0 Å². The molecule has 0 spiro atoms. The zero-order valence-corrected chi connectivity index (χ0v) is 21.8. The zero-order valence-electron chi connectivity index (χ0n) is 20.6. The number of alkyl halides is 2. The molecular weight excluding hydrogens is 476 g/mol. The van der Waals surface area contributed by atoms with Crippen molar-refractivity contribution in [1.29, 1.82) is 0 Å². The van der Waals surface area contributed by atoms with Crippen LogP contribution in [0.2, 0.25) is 0 Å². The predicted octanol–water partition coefficient (Wildman–Crippen LogP) is 5.11. The van der Waals surface area contributed by atoms with Gasteiger partial charge in [0.05, 0.1) is 0 Å². The fourth-order valence-electron chi connectivity index (χ4n) is 4.90. The third kappa shape index (κ3) is 5.78. The number of aryl methyl sites for hydroxylation is 1. The third-order valence-electron chi connectivity index (χ3n) is 6.89. The Kier molecular flexibility index (Phi) is 7.38. The topological polar surface area (TPSA) is 47.5 Å². The van der Waals surface area contributed by atoms with Gasteiger partial charge in [0.25, 0.3) is 0 Å². The van der Waals surface area contributed by atoms with Gasteiger partial charge >= 0.3 is 214 Å². The van der Waals surface area contributed by atoms with Gasteiger partial charge in [-0.05, 0) is 0 Å². The van der Waals surface area contributed by atoms with Gasteiger partial charge in [0.1, 0.15) is 0 Å². The first-order chi connectivity index (χ1) is 17.4. The number of nitrogens with one attached hydrogen (secondary N) is 1. The quantitative estimate of drug-likeness (QED) is 0.468. The molecule has 0 aliphatic carbocycles. The second-order valence-electron chi connectivity index (χ2n) is 9.58. The first-order valence-corrected chi connectivity index (χ1v) is 13.2. The Morgan fingerprint density at radius 3 is 2.31 bits per heavy atom. The summed E-state index contributed by atoms with van der Waals surface area (Å²) in [6, 6.07) is 13.4. The molecule has 2 aliphatic heterocycles. The van der Waals surface area contributed by atoms with Gasteiger partial charge in [-0.15, -0.1) is 0 Å². The van der Waals surface area contributed by atoms with E-state index in [-0.39, 0.29) is 5.56 Å². The number of rotatable bonds is 6. The van der Waals surface area contributed by atoms with Crippen LogP contribution in [-0.4, -0.2) is 56.1 Å². The summed E-state index contributed by atoms with van der Waals surface area (Å²) < 4.78 is 28.3. The van der Waals surface area contributed by atoms with E-state index in [2.05, 4.69) is 64.3 Å². The molecule has 4 heterocycles. The minimum absolute atomic E-state index is 0.0572. The molecule has 1 atom stereocenters. The first kappa shape index (κ1) is 24.9. The van der Waals surface area contributed by atoms with Gasteiger partial charge in [-0.2, -0.15) is 0 Å². The SMILES string of the molecule is Cc1ccc(Nc2cc(N3CCCCC3)bc(N3CCN(c4ncccc4C(F)(F)P)CC3)n2)cc1. The molecule has 2 aromatic heterocycles. The molecule has 0 bridgehead atoms. The number of pyridine rings is 1. The van der Waals surface area contributed by atoms with Crippen LogP contribution in [-0.2, 0) is 5.66 Å². The second kappa shape index (κ2) is 10.7. The second-order valence-corrected chi connectivity index (χ2v) is 10.3. The molecule has 6 nitrogen and oxygen atoms in total. The maximum atomic E-state index is 14.1. The number of nitrogens with zero attached hydrogens (tertiary/aromatic N) is 5. The van der Waals surface area contributed by atoms with Crippen molar-refractivity contribution in [3.8, 4) is 0 Å². The van der Waals surface area contributed by atoms with Gasteiger partial charge in [-0.25, -0.2) is 0 Å². The van der Waals surface area contributed by atoms with Crippen molar-refractivity contribution in [3.63, 3.8) is 0 Å². The summed E-state index contributed by atoms with van der Waals surface area (Å²) in [5, 5.41) is 3.48. The standard InChI is InChI=1S/C26H32BF2N6P/c1-19-7-9-20(10-8-19)31-23-18-22(33-12-3-2-4-13-33)27-25(32-23)35-16-14-34(15-17-35)24-21(26(28,29)36)6-5-11-30-24/h5-11,18H,2-4,12-17,36H2,1H3,(H,31,32). The molecule has 188 valence electrons. The minimum atomic E-state index is -3.01. The fraction of sp³-hybridized carbons (Fsp3) is 0.423. The molecular formula is C26H32BF2N6P. The van der Waals surface area contributed by atoms with E-state index in [9.17, 15) is 8.78 Å². The molecule has 1 N–H and O–H groups in total. The van der Waals surface area contributed by atoms with Crippen LogP contribution < -0.4 is 20.0 Å². The Labute approximate surface area is 214 Å². The Morgan fingerprint density at radius 2 is 1.61 bits per heavy atom. The van der Waals surface area contributed by atoms with Gasteiger partial charge in [0.15, 0.2) is 0 Å². The van der Waals surface area contributed by atoms with E-state index in [4.69, 9.17) is 4.98 Å². The van der Waals surface area contributed by atoms with Gasteiger partial charge in [-0.3, -0.25) is 0 Å². The summed E-state index contributed by atoms with van der Waals surface area (Å²) in [7, 11) is 1.63. The Morgan fingerprint density at radius 1 is 0.917 bits per heavy atom. The van der Waals surface area contributed by atoms with Crippen LogP contribution in [0, 0.1) is 6.92 Å². The molecule has 5 rings (SSSR count). The number of piperidine rings is 1. The van der Waals surface area contributed by atoms with E-state index in [1.165, 1.54) is 36.5 Å². The van der Waals surface area contributed by atoms with Crippen molar-refractivity contribution in [2.24, 2.45) is 0 Å². The fourth-order valence-corrected chi connectivity index (χ4v) is 5.13. The molecule has 2 aliphatic rings. The summed E-state index contributed by atoms with van der Waals surface area (Å²) in [5.74, 6) is 1.17. The van der Waals surface area contributed by atoms with Crippen LogP contribution >= 0.6 is 9.24 Å². The van der Waals surface area contributed by atoms with Crippen molar-refractivity contribution in [3.05, 3.63) is 59.8 Å². The van der Waals surface area contributed by atoms with Crippen LogP contribution in [0.15, 0.2) is 48.7 Å². The molecule has 3 aromatic rings. The first-order valence-electron chi connectivity index (χ1n) is 12.6. The van der Waals surface area contributed by atoms with E-state index in [0.717, 1.165) is 30.3 Å². The number of benzene rings is 1. The number of aromatic nitrogens is 2. The van der Waals surface area contributed by atoms with Crippen molar-refractivity contribution in [2.75, 3.05) is 59.3 Å². The number of anilines is 5. The van der Waals surface area contributed by atoms with Crippen LogP contribution in [0.25, 0.3) is 0 Å². The molecule has 0 saturated carbocycles. The van der Waals surface area contributed by atoms with Crippen molar-refractivity contribution in [1.82, 2.24) is 9.97 Å². The maximum absolute atomic E-state index is 14.1. The van der Waals surface area contributed by atoms with Crippen LogP contribution in [0.5, 0.6) is 0 Å². The van der Waals surface area contributed by atoms with E-state index in [1.807, 2.05) is 4.90 Å². The van der Waals surface area contributed by atoms with Crippen molar-refractivity contribution >= 4 is 44.8 Å². The van der Waals surface area contributed by atoms with E-state index < -0.39 is 5.66 Å². The Bertz CT molecular complexity index is 1180. The van der Waals surface area contributed by atoms with Gasteiger partial charge in [0.2, 0.25) is 0 Å². The summed E-state index contributed by atoms with van der Waals surface area (Å²) in [6.07, 6.45) is 5.25. The molecule has 2 saturated heterocycles. The molecule has 36 heavy (non-hydrogen) atoms. The summed E-state index contributed by atoms with van der Waals surface area (Å²) in [4.78, 5) is 15.9. The monoisotopic (exact) mass is 508 g/mol. The molecule has 0 radical (unpaired) electrons. The molecule has 0 amide bonds. The van der Waals surface area contributed by atoms with Crippen LogP contribution in [0.4, 0.5) is 37.4 Å². The summed E-state index contributed by atoms with van der Waals surface area (Å²) in [5.41, 5.74) is 1.22. The normalized spacial score (nSPS) is 16.7. The number of hydrogen-bond donors (Lipinski definition) is 1. The van der Waals surface area contributed by atoms with Crippen LogP contribution in [0.1, 0.15) is 30.4 Å². The summed E-state index contributed by atoms with van der Waals surface area (Å²) >= 11 is 0. The molecule has 1 unspecified atom stereocenters. The third-order valence-corrected chi connectivity index (χ3v) is 7.20. The van der Waals surface area contributed by atoms with Crippen molar-refractivity contribution in [2.45, 2.75) is 31.8 Å². The van der Waals surface area contributed by atoms with Crippen LogP contribution in [0.3, 0.4) is 0 Å². The molecule has 1 aromatic carbocycles. The number of piperazine rings is 1. The molecule has 10 heteroatoms. The van der Waals surface area contributed by atoms with Gasteiger partial charge in [0, 0.05) is 0 Å². The number of hydrogen-bond acceptors (Lipinski definition) is 6. The molecule has 2 fully saturated rings. The van der Waals surface area contributed by atoms with E-state index >= 15 is 0 Å². The Hall–Kier alpha value is -2.80. The number of halogens is 2. The van der Waals surface area contributed by atoms with E-state index in [0.29, 0.717) is 32.0 Å². The predicted molar refractivity (Wildman–Crippen MR) is 148 cm³/mol. The Balaban J connectivity index is 1.37. The zero-order chi connectivity index (χ0) is 25.1. The van der Waals surface area contributed by atoms with Gasteiger partial charge < -0.3 is 0 Å². The van der Waals surface area contributed by atoms with Crippen molar-refractivity contribution < 1.29 is 8.78 Å². The average molecular weight is 508 g/mol. The van der Waals surface area contributed by atoms with E-state index in [1.54, 1.807) is 21.5 Å². The average Bonchev–Trinajstić information content (AvgIpc) is 2.90.